The number of rotatable bonds is 4. The second kappa shape index (κ2) is 4.11. The quantitative estimate of drug-likeness (QED) is 0.859. The Bertz CT molecular complexity index is 385. The van der Waals surface area contributed by atoms with E-state index in [9.17, 15) is 4.79 Å². The zero-order valence-corrected chi connectivity index (χ0v) is 8.83. The van der Waals surface area contributed by atoms with Gasteiger partial charge < -0.3 is 9.84 Å². The fourth-order valence-electron chi connectivity index (χ4n) is 1.24. The fraction of sp³-hybridized carbons (Fsp3) is 0.364. The molecule has 0 unspecified atom stereocenters. The molecule has 1 aliphatic rings. The van der Waals surface area contributed by atoms with Crippen LogP contribution in [0.1, 0.15) is 23.2 Å². The molecule has 0 bridgehead atoms. The van der Waals surface area contributed by atoms with Gasteiger partial charge in [-0.3, -0.25) is 0 Å². The lowest BCUT2D eigenvalue weighted by molar-refractivity contribution is 0.0696. The van der Waals surface area contributed by atoms with Gasteiger partial charge >= 0.3 is 5.97 Å². The molecule has 3 nitrogen and oxygen atoms in total. The Hall–Kier alpha value is -1.22. The second-order valence-corrected chi connectivity index (χ2v) is 4.11. The van der Waals surface area contributed by atoms with Gasteiger partial charge in [-0.25, -0.2) is 4.79 Å². The van der Waals surface area contributed by atoms with Gasteiger partial charge in [0.2, 0.25) is 0 Å². The van der Waals surface area contributed by atoms with E-state index < -0.39 is 5.97 Å². The monoisotopic (exact) mass is 226 g/mol. The lowest BCUT2D eigenvalue weighted by Gasteiger charge is -2.07. The summed E-state index contributed by atoms with van der Waals surface area (Å²) in [4.78, 5) is 10.7. The van der Waals surface area contributed by atoms with Crippen LogP contribution in [0.2, 0.25) is 5.02 Å². The zero-order chi connectivity index (χ0) is 10.8. The molecule has 1 aromatic carbocycles. The van der Waals surface area contributed by atoms with E-state index in [2.05, 4.69) is 0 Å². The lowest BCUT2D eigenvalue weighted by Crippen LogP contribution is -2.02. The normalized spacial score (nSPS) is 15.0. The van der Waals surface area contributed by atoms with Crippen molar-refractivity contribution in [2.24, 2.45) is 5.92 Å². The van der Waals surface area contributed by atoms with Crippen LogP contribution in [0.5, 0.6) is 5.75 Å². The molecule has 1 N–H and O–H groups in total. The number of aromatic carboxylic acids is 1. The number of hydrogen-bond acceptors (Lipinski definition) is 2. The number of carboxylic acids is 1. The van der Waals surface area contributed by atoms with E-state index in [1.54, 1.807) is 6.07 Å². The largest absolute Gasteiger partial charge is 0.492 e. The number of benzene rings is 1. The molecular weight excluding hydrogens is 216 g/mol. The van der Waals surface area contributed by atoms with Gasteiger partial charge in [0, 0.05) is 0 Å². The third-order valence-corrected chi connectivity index (χ3v) is 2.66. The van der Waals surface area contributed by atoms with Crippen LogP contribution in [-0.4, -0.2) is 17.7 Å². The maximum atomic E-state index is 10.7. The van der Waals surface area contributed by atoms with Crippen LogP contribution < -0.4 is 4.74 Å². The maximum Gasteiger partial charge on any atom is 0.335 e. The van der Waals surface area contributed by atoms with E-state index in [-0.39, 0.29) is 5.56 Å². The number of ether oxygens (including phenoxy) is 1. The Morgan fingerprint density at radius 3 is 2.87 bits per heavy atom. The van der Waals surface area contributed by atoms with Crippen molar-refractivity contribution in [1.29, 1.82) is 0 Å². The summed E-state index contributed by atoms with van der Waals surface area (Å²) in [6.07, 6.45) is 2.38. The van der Waals surface area contributed by atoms with E-state index in [1.165, 1.54) is 25.0 Å². The van der Waals surface area contributed by atoms with E-state index in [0.29, 0.717) is 23.3 Å². The van der Waals surface area contributed by atoms with Gasteiger partial charge in [0.05, 0.1) is 17.2 Å². The molecule has 1 fully saturated rings. The van der Waals surface area contributed by atoms with Gasteiger partial charge in [0.15, 0.2) is 0 Å². The van der Waals surface area contributed by atoms with E-state index >= 15 is 0 Å². The molecule has 1 aromatic rings. The third-order valence-electron chi connectivity index (χ3n) is 2.35. The van der Waals surface area contributed by atoms with E-state index in [4.69, 9.17) is 21.4 Å². The van der Waals surface area contributed by atoms with Crippen LogP contribution in [0.25, 0.3) is 0 Å². The Kier molecular flexibility index (Phi) is 2.82. The molecule has 2 rings (SSSR count). The molecule has 0 spiro atoms. The first-order valence-corrected chi connectivity index (χ1v) is 5.20. The van der Waals surface area contributed by atoms with Gasteiger partial charge in [0.1, 0.15) is 5.75 Å². The topological polar surface area (TPSA) is 46.5 Å². The number of hydrogen-bond donors (Lipinski definition) is 1. The molecule has 1 saturated carbocycles. The first-order valence-electron chi connectivity index (χ1n) is 4.82. The summed E-state index contributed by atoms with van der Waals surface area (Å²) >= 11 is 5.89. The van der Waals surface area contributed by atoms with Crippen LogP contribution in [0, 0.1) is 5.92 Å². The molecule has 0 heterocycles. The van der Waals surface area contributed by atoms with Crippen molar-refractivity contribution >= 4 is 17.6 Å². The van der Waals surface area contributed by atoms with Crippen LogP contribution in [-0.2, 0) is 0 Å². The highest BCUT2D eigenvalue weighted by molar-refractivity contribution is 6.32. The molecule has 0 radical (unpaired) electrons. The Morgan fingerprint density at radius 1 is 1.53 bits per heavy atom. The minimum Gasteiger partial charge on any atom is -0.492 e. The summed E-state index contributed by atoms with van der Waals surface area (Å²) in [6, 6.07) is 4.48. The molecule has 0 amide bonds. The van der Waals surface area contributed by atoms with E-state index in [1.807, 2.05) is 0 Å². The smallest absolute Gasteiger partial charge is 0.335 e. The summed E-state index contributed by atoms with van der Waals surface area (Å²) in [5, 5.41) is 9.25. The Labute approximate surface area is 92.6 Å². The molecule has 1 aliphatic carbocycles. The average Bonchev–Trinajstić information content (AvgIpc) is 3.00. The third kappa shape index (κ3) is 2.63. The van der Waals surface area contributed by atoms with Crippen molar-refractivity contribution in [2.75, 3.05) is 6.61 Å². The summed E-state index contributed by atoms with van der Waals surface area (Å²) in [5.41, 5.74) is 0.199. The fourth-order valence-corrected chi connectivity index (χ4v) is 1.41. The minimum absolute atomic E-state index is 0.199. The van der Waals surface area contributed by atoms with Crippen molar-refractivity contribution < 1.29 is 14.6 Å². The first-order chi connectivity index (χ1) is 7.16. The van der Waals surface area contributed by atoms with Crippen molar-refractivity contribution in [3.63, 3.8) is 0 Å². The Morgan fingerprint density at radius 2 is 2.27 bits per heavy atom. The predicted molar refractivity (Wildman–Crippen MR) is 56.6 cm³/mol. The standard InChI is InChI=1S/C11H11ClO3/c12-9-4-3-8(11(13)14)5-10(9)15-6-7-1-2-7/h3-5,7H,1-2,6H2,(H,13,14). The summed E-state index contributed by atoms with van der Waals surface area (Å²) < 4.78 is 5.46. The molecule has 0 aromatic heterocycles. The Balaban J connectivity index is 2.12. The summed E-state index contributed by atoms with van der Waals surface area (Å²) in [7, 11) is 0. The average molecular weight is 227 g/mol. The van der Waals surface area contributed by atoms with Crippen molar-refractivity contribution in [2.45, 2.75) is 12.8 Å². The highest BCUT2D eigenvalue weighted by Crippen LogP contribution is 2.32. The number of carboxylic acid groups (broad SMARTS) is 1. The second-order valence-electron chi connectivity index (χ2n) is 3.70. The van der Waals surface area contributed by atoms with E-state index in [0.717, 1.165) is 0 Å². The summed E-state index contributed by atoms with van der Waals surface area (Å²) in [6.45, 7) is 0.628. The SMILES string of the molecule is O=C(O)c1ccc(Cl)c(OCC2CC2)c1. The highest BCUT2D eigenvalue weighted by Gasteiger charge is 2.22. The highest BCUT2D eigenvalue weighted by atomic mass is 35.5. The minimum atomic E-state index is -0.970. The number of carbonyl (C=O) groups is 1. The van der Waals surface area contributed by atoms with Crippen molar-refractivity contribution in [3.8, 4) is 5.75 Å². The molecule has 80 valence electrons. The van der Waals surface area contributed by atoms with Crippen LogP contribution in [0.4, 0.5) is 0 Å². The molecule has 0 aliphatic heterocycles. The zero-order valence-electron chi connectivity index (χ0n) is 8.07. The molecular formula is C11H11ClO3. The van der Waals surface area contributed by atoms with Gasteiger partial charge in [-0.1, -0.05) is 11.6 Å². The van der Waals surface area contributed by atoms with Gasteiger partial charge in [0.25, 0.3) is 0 Å². The first kappa shape index (κ1) is 10.3. The van der Waals surface area contributed by atoms with Gasteiger partial charge in [-0.2, -0.15) is 0 Å². The van der Waals surface area contributed by atoms with Crippen LogP contribution in [0.15, 0.2) is 18.2 Å². The van der Waals surface area contributed by atoms with Crippen molar-refractivity contribution in [1.82, 2.24) is 0 Å². The molecule has 4 heteroatoms. The van der Waals surface area contributed by atoms with Crippen molar-refractivity contribution in [3.05, 3.63) is 28.8 Å². The van der Waals surface area contributed by atoms with Gasteiger partial charge in [-0.05, 0) is 37.0 Å². The number of halogens is 1. The van der Waals surface area contributed by atoms with Crippen LogP contribution in [0.3, 0.4) is 0 Å². The summed E-state index contributed by atoms with van der Waals surface area (Å²) in [5.74, 6) is 0.112. The lowest BCUT2D eigenvalue weighted by atomic mass is 10.2. The van der Waals surface area contributed by atoms with Gasteiger partial charge in [-0.15, -0.1) is 0 Å². The molecule has 0 saturated heterocycles. The molecule has 15 heavy (non-hydrogen) atoms. The van der Waals surface area contributed by atoms with Crippen LogP contribution >= 0.6 is 11.6 Å². The predicted octanol–water partition coefficient (Wildman–Crippen LogP) is 2.83. The maximum absolute atomic E-state index is 10.7. The molecule has 0 atom stereocenters.